The van der Waals surface area contributed by atoms with E-state index < -0.39 is 18.2 Å². The van der Waals surface area contributed by atoms with Crippen LogP contribution in [0.5, 0.6) is 0 Å². The molecule has 1 aromatic rings. The fourth-order valence-corrected chi connectivity index (χ4v) is 2.16. The lowest BCUT2D eigenvalue weighted by Crippen LogP contribution is -2.25. The Balaban J connectivity index is 2.27. The minimum atomic E-state index is -4.18. The van der Waals surface area contributed by atoms with Gasteiger partial charge in [0.05, 0.1) is 5.69 Å². The van der Waals surface area contributed by atoms with Crippen LogP contribution in [0.25, 0.3) is 0 Å². The van der Waals surface area contributed by atoms with E-state index in [9.17, 15) is 17.6 Å². The molecule has 96 valence electrons. The highest BCUT2D eigenvalue weighted by Gasteiger charge is 2.46. The molecule has 0 aliphatic heterocycles. The summed E-state index contributed by atoms with van der Waals surface area (Å²) in [7, 11) is 0. The van der Waals surface area contributed by atoms with Gasteiger partial charge in [0.15, 0.2) is 5.82 Å². The number of hydrogen-bond acceptors (Lipinski definition) is 1. The summed E-state index contributed by atoms with van der Waals surface area (Å²) in [5.74, 6) is -4.65. The van der Waals surface area contributed by atoms with Gasteiger partial charge in [-0.1, -0.05) is 13.3 Å². The number of fused-ring (bicyclic) bond motifs is 1. The highest BCUT2D eigenvalue weighted by atomic mass is 19.3. The van der Waals surface area contributed by atoms with Gasteiger partial charge in [0.1, 0.15) is 0 Å². The molecule has 6 heteroatoms. The van der Waals surface area contributed by atoms with Gasteiger partial charge in [-0.2, -0.15) is 8.78 Å². The molecule has 2 nitrogen and oxygen atoms in total. The molecule has 0 bridgehead atoms. The lowest BCUT2D eigenvalue weighted by Gasteiger charge is -2.19. The molecule has 2 rings (SSSR count). The van der Waals surface area contributed by atoms with Crippen molar-refractivity contribution in [1.29, 1.82) is 0 Å². The Morgan fingerprint density at radius 3 is 2.76 bits per heavy atom. The minimum absolute atomic E-state index is 0.427. The average Bonchev–Trinajstić information content (AvgIpc) is 2.71. The molecule has 1 unspecified atom stereocenters. The maximum absolute atomic E-state index is 13.1. The molecular weight excluding hydrogens is 236 g/mol. The zero-order valence-electron chi connectivity index (χ0n) is 9.44. The number of hydrogen-bond donors (Lipinski definition) is 1. The van der Waals surface area contributed by atoms with E-state index in [2.05, 4.69) is 9.97 Å². The number of nitrogens with zero attached hydrogens (tertiary/aromatic N) is 1. The number of H-pyrrole nitrogens is 1. The molecule has 1 aromatic heterocycles. The van der Waals surface area contributed by atoms with Crippen LogP contribution in [-0.4, -0.2) is 16.4 Å². The fourth-order valence-electron chi connectivity index (χ4n) is 2.16. The number of alkyl halides is 4. The summed E-state index contributed by atoms with van der Waals surface area (Å²) in [4.78, 5) is 6.01. The van der Waals surface area contributed by atoms with E-state index in [-0.39, 0.29) is 0 Å². The third kappa shape index (κ3) is 2.17. The second-order valence-corrected chi connectivity index (χ2v) is 4.45. The first-order valence-corrected chi connectivity index (χ1v) is 5.69. The summed E-state index contributed by atoms with van der Waals surface area (Å²) >= 11 is 0. The van der Waals surface area contributed by atoms with Gasteiger partial charge >= 0.3 is 12.3 Å². The van der Waals surface area contributed by atoms with Crippen LogP contribution in [0.4, 0.5) is 17.6 Å². The number of aromatic nitrogens is 2. The van der Waals surface area contributed by atoms with Gasteiger partial charge in [-0.25, -0.2) is 13.8 Å². The normalized spacial score (nSPS) is 20.7. The summed E-state index contributed by atoms with van der Waals surface area (Å²) in [6.07, 6.45) is -0.674. The Labute approximate surface area is 96.4 Å². The minimum Gasteiger partial charge on any atom is -0.340 e. The van der Waals surface area contributed by atoms with E-state index in [1.54, 1.807) is 0 Å². The van der Waals surface area contributed by atoms with Crippen molar-refractivity contribution in [3.63, 3.8) is 0 Å². The molecule has 1 aliphatic rings. The van der Waals surface area contributed by atoms with E-state index in [0.29, 0.717) is 30.1 Å². The smallest absolute Gasteiger partial charge is 0.340 e. The van der Waals surface area contributed by atoms with Gasteiger partial charge in [0, 0.05) is 5.69 Å². The van der Waals surface area contributed by atoms with Crippen molar-refractivity contribution in [1.82, 2.24) is 9.97 Å². The standard InChI is InChI=1S/C11H14F4N2/c1-2-6-3-4-7-8(5-6)17-10(16-7)11(14,15)9(12)13/h6,9H,2-5H2,1H3,(H,16,17). The van der Waals surface area contributed by atoms with E-state index in [0.717, 1.165) is 12.8 Å². The molecule has 0 saturated carbocycles. The zero-order valence-corrected chi connectivity index (χ0v) is 9.44. The molecule has 0 saturated heterocycles. The van der Waals surface area contributed by atoms with Crippen LogP contribution in [0.2, 0.25) is 0 Å². The Hall–Kier alpha value is -1.07. The van der Waals surface area contributed by atoms with E-state index >= 15 is 0 Å². The van der Waals surface area contributed by atoms with Crippen molar-refractivity contribution in [3.05, 3.63) is 17.2 Å². The molecule has 1 heterocycles. The highest BCUT2D eigenvalue weighted by molar-refractivity contribution is 5.20. The topological polar surface area (TPSA) is 28.7 Å². The van der Waals surface area contributed by atoms with Gasteiger partial charge in [0.25, 0.3) is 0 Å². The number of imidazole rings is 1. The first-order valence-electron chi connectivity index (χ1n) is 5.69. The van der Waals surface area contributed by atoms with Gasteiger partial charge in [0.2, 0.25) is 0 Å². The molecule has 0 fully saturated rings. The van der Waals surface area contributed by atoms with Crippen LogP contribution in [0.3, 0.4) is 0 Å². The van der Waals surface area contributed by atoms with Crippen molar-refractivity contribution < 1.29 is 17.6 Å². The molecule has 0 radical (unpaired) electrons. The van der Waals surface area contributed by atoms with E-state index in [1.165, 1.54) is 0 Å². The Morgan fingerprint density at radius 2 is 2.18 bits per heavy atom. The quantitative estimate of drug-likeness (QED) is 0.819. The predicted octanol–water partition coefficient (Wildman–Crippen LogP) is 3.28. The Bertz CT molecular complexity index is 400. The van der Waals surface area contributed by atoms with Crippen molar-refractivity contribution in [2.75, 3.05) is 0 Å². The second kappa shape index (κ2) is 4.31. The largest absolute Gasteiger partial charge is 0.363 e. The zero-order chi connectivity index (χ0) is 12.6. The van der Waals surface area contributed by atoms with Crippen LogP contribution in [0, 0.1) is 5.92 Å². The second-order valence-electron chi connectivity index (χ2n) is 4.45. The first kappa shape index (κ1) is 12.4. The maximum atomic E-state index is 13.1. The van der Waals surface area contributed by atoms with Gasteiger partial charge in [-0.05, 0) is 25.2 Å². The first-order chi connectivity index (χ1) is 7.95. The molecule has 1 atom stereocenters. The number of aryl methyl sites for hydroxylation is 1. The monoisotopic (exact) mass is 250 g/mol. The Morgan fingerprint density at radius 1 is 1.47 bits per heavy atom. The van der Waals surface area contributed by atoms with Crippen molar-refractivity contribution >= 4 is 0 Å². The number of nitrogens with one attached hydrogen (secondary N) is 1. The third-order valence-electron chi connectivity index (χ3n) is 3.31. The van der Waals surface area contributed by atoms with E-state index in [1.807, 2.05) is 6.92 Å². The van der Waals surface area contributed by atoms with Crippen molar-refractivity contribution in [3.8, 4) is 0 Å². The van der Waals surface area contributed by atoms with Crippen LogP contribution < -0.4 is 0 Å². The van der Waals surface area contributed by atoms with Crippen molar-refractivity contribution in [2.45, 2.75) is 45.0 Å². The maximum Gasteiger partial charge on any atom is 0.363 e. The van der Waals surface area contributed by atoms with Crippen LogP contribution in [0.1, 0.15) is 37.0 Å². The molecule has 0 aromatic carbocycles. The van der Waals surface area contributed by atoms with Crippen LogP contribution >= 0.6 is 0 Å². The highest BCUT2D eigenvalue weighted by Crippen LogP contribution is 2.35. The summed E-state index contributed by atoms with van der Waals surface area (Å²) in [6, 6.07) is 0. The third-order valence-corrected chi connectivity index (χ3v) is 3.31. The molecule has 1 N–H and O–H groups in total. The number of aromatic amines is 1. The molecular formula is C11H14F4N2. The van der Waals surface area contributed by atoms with Crippen molar-refractivity contribution in [2.24, 2.45) is 5.92 Å². The lowest BCUT2D eigenvalue weighted by atomic mass is 9.88. The summed E-state index contributed by atoms with van der Waals surface area (Å²) in [6.45, 7) is 2.03. The summed E-state index contributed by atoms with van der Waals surface area (Å²) in [5, 5.41) is 0. The average molecular weight is 250 g/mol. The Kier molecular flexibility index (Phi) is 3.14. The van der Waals surface area contributed by atoms with Crippen LogP contribution in [0.15, 0.2) is 0 Å². The van der Waals surface area contributed by atoms with Crippen LogP contribution in [-0.2, 0) is 18.8 Å². The number of rotatable bonds is 3. The fraction of sp³-hybridized carbons (Fsp3) is 0.727. The summed E-state index contributed by atoms with van der Waals surface area (Å²) in [5.41, 5.74) is 1.11. The molecule has 1 aliphatic carbocycles. The lowest BCUT2D eigenvalue weighted by molar-refractivity contribution is -0.140. The van der Waals surface area contributed by atoms with Gasteiger partial charge in [-0.3, -0.25) is 0 Å². The van der Waals surface area contributed by atoms with E-state index in [4.69, 9.17) is 0 Å². The number of halogens is 4. The van der Waals surface area contributed by atoms with Gasteiger partial charge < -0.3 is 4.98 Å². The molecule has 17 heavy (non-hydrogen) atoms. The van der Waals surface area contributed by atoms with Gasteiger partial charge in [-0.15, -0.1) is 0 Å². The molecule has 0 amide bonds. The molecule has 0 spiro atoms. The summed E-state index contributed by atoms with van der Waals surface area (Å²) < 4.78 is 50.6. The predicted molar refractivity (Wildman–Crippen MR) is 54.3 cm³/mol. The SMILES string of the molecule is CCC1CCc2nc(C(F)(F)C(F)F)[nH]c2C1.